The van der Waals surface area contributed by atoms with E-state index in [9.17, 15) is 14.7 Å². The van der Waals surface area contributed by atoms with Gasteiger partial charge in [0.1, 0.15) is 5.02 Å². The van der Waals surface area contributed by atoms with E-state index in [1.54, 1.807) is 6.20 Å². The second-order valence-electron chi connectivity index (χ2n) is 11.4. The van der Waals surface area contributed by atoms with Crippen molar-refractivity contribution in [3.8, 4) is 0 Å². The van der Waals surface area contributed by atoms with Gasteiger partial charge < -0.3 is 14.9 Å². The van der Waals surface area contributed by atoms with E-state index in [1.165, 1.54) is 15.9 Å². The normalized spacial score (nSPS) is 33.9. The number of piperazine rings is 1. The highest BCUT2D eigenvalue weighted by molar-refractivity contribution is 6.33. The average molecular weight is 497 g/mol. The summed E-state index contributed by atoms with van der Waals surface area (Å²) in [5.74, 6) is -0.289. The predicted molar refractivity (Wildman–Crippen MR) is 136 cm³/mol. The van der Waals surface area contributed by atoms with Crippen molar-refractivity contribution in [1.82, 2.24) is 9.78 Å². The minimum absolute atomic E-state index is 0.126. The third-order valence-electron chi connectivity index (χ3n) is 9.20. The van der Waals surface area contributed by atoms with Crippen LogP contribution in [0.4, 0.5) is 11.4 Å². The van der Waals surface area contributed by atoms with Gasteiger partial charge in [-0.2, -0.15) is 5.10 Å². The molecule has 7 nitrogen and oxygen atoms in total. The highest BCUT2D eigenvalue weighted by atomic mass is 35.5. The minimum Gasteiger partial charge on any atom is -0.481 e. The lowest BCUT2D eigenvalue weighted by atomic mass is 9.48. The van der Waals surface area contributed by atoms with Gasteiger partial charge in [0.15, 0.2) is 0 Å². The quantitative estimate of drug-likeness (QED) is 0.685. The number of anilines is 2. The van der Waals surface area contributed by atoms with Crippen molar-refractivity contribution >= 4 is 28.9 Å². The number of hydrogen-bond acceptors (Lipinski definition) is 5. The zero-order valence-electron chi connectivity index (χ0n) is 20.4. The van der Waals surface area contributed by atoms with Gasteiger partial charge in [0.2, 0.25) is 0 Å². The standard InChI is InChI=1S/C27H33ClN4O3/c1-16-3-5-21(6-4-16)31-8-7-30(15-17(31)2)22-14-29-32(25(33)24(22)28)27-12-18-9-19(13-27)11-20(10-18)23(27)26(34)35/h3-6,14,17-20,23H,7-13,15H2,1-2H3,(H,34,35). The summed E-state index contributed by atoms with van der Waals surface area (Å²) in [5.41, 5.74) is 1.99. The van der Waals surface area contributed by atoms with E-state index in [-0.39, 0.29) is 22.5 Å². The molecule has 5 aliphatic rings. The third kappa shape index (κ3) is 3.57. The molecule has 0 spiro atoms. The Hall–Kier alpha value is -2.54. The van der Waals surface area contributed by atoms with Crippen molar-refractivity contribution < 1.29 is 9.90 Å². The summed E-state index contributed by atoms with van der Waals surface area (Å²) in [6.45, 7) is 6.55. The smallest absolute Gasteiger partial charge is 0.309 e. The molecule has 0 amide bonds. The summed E-state index contributed by atoms with van der Waals surface area (Å²) in [6.07, 6.45) is 6.19. The SMILES string of the molecule is Cc1ccc(N2CCN(c3cnn(C45CC6CC(CC(C6)C4C(=O)O)C5)c(=O)c3Cl)CC2C)cc1. The first-order chi connectivity index (χ1) is 16.8. The number of halogens is 1. The van der Waals surface area contributed by atoms with Crippen LogP contribution in [0.25, 0.3) is 0 Å². The van der Waals surface area contributed by atoms with E-state index in [2.05, 4.69) is 53.0 Å². The van der Waals surface area contributed by atoms with E-state index >= 15 is 0 Å². The van der Waals surface area contributed by atoms with Crippen molar-refractivity contribution in [3.63, 3.8) is 0 Å². The number of nitrogens with zero attached hydrogens (tertiary/aromatic N) is 4. The molecule has 4 atom stereocenters. The molecular formula is C27H33ClN4O3. The summed E-state index contributed by atoms with van der Waals surface area (Å²) >= 11 is 6.74. The van der Waals surface area contributed by atoms with Crippen molar-refractivity contribution in [2.45, 2.75) is 57.5 Å². The molecule has 1 aromatic carbocycles. The van der Waals surface area contributed by atoms with E-state index < -0.39 is 17.4 Å². The lowest BCUT2D eigenvalue weighted by Gasteiger charge is -2.59. The van der Waals surface area contributed by atoms with Crippen molar-refractivity contribution in [2.75, 3.05) is 29.4 Å². The van der Waals surface area contributed by atoms with Gasteiger partial charge in [0, 0.05) is 31.4 Å². The average Bonchev–Trinajstić information content (AvgIpc) is 2.80. The fourth-order valence-corrected chi connectivity index (χ4v) is 8.24. The summed E-state index contributed by atoms with van der Waals surface area (Å²) < 4.78 is 1.48. The zero-order chi connectivity index (χ0) is 24.5. The topological polar surface area (TPSA) is 78.7 Å². The van der Waals surface area contributed by atoms with Crippen LogP contribution in [-0.2, 0) is 10.3 Å². The summed E-state index contributed by atoms with van der Waals surface area (Å²) in [6, 6.07) is 8.81. The number of benzene rings is 1. The first-order valence-electron chi connectivity index (χ1n) is 12.9. The molecule has 1 aliphatic heterocycles. The van der Waals surface area contributed by atoms with E-state index in [1.807, 2.05) is 0 Å². The van der Waals surface area contributed by atoms with Crippen LogP contribution in [-0.4, -0.2) is 46.5 Å². The van der Waals surface area contributed by atoms with E-state index in [4.69, 9.17) is 11.6 Å². The second-order valence-corrected chi connectivity index (χ2v) is 11.8. The Bertz CT molecular complexity index is 1200. The van der Waals surface area contributed by atoms with Gasteiger partial charge in [0.05, 0.1) is 23.3 Å². The molecule has 1 saturated heterocycles. The number of aromatic nitrogens is 2. The molecule has 2 heterocycles. The fourth-order valence-electron chi connectivity index (χ4n) is 7.99. The van der Waals surface area contributed by atoms with Gasteiger partial charge in [-0.15, -0.1) is 0 Å². The molecule has 1 N–H and O–H groups in total. The maximum absolute atomic E-state index is 13.7. The number of rotatable bonds is 4. The molecule has 1 aromatic heterocycles. The lowest BCUT2D eigenvalue weighted by molar-refractivity contribution is -0.168. The van der Waals surface area contributed by atoms with Gasteiger partial charge in [-0.3, -0.25) is 9.59 Å². The van der Waals surface area contributed by atoms with Crippen LogP contribution in [0.5, 0.6) is 0 Å². The number of carboxylic acid groups (broad SMARTS) is 1. The van der Waals surface area contributed by atoms with Crippen LogP contribution in [0.1, 0.15) is 44.6 Å². The molecule has 0 radical (unpaired) electrons. The van der Waals surface area contributed by atoms with Crippen LogP contribution >= 0.6 is 11.6 Å². The molecule has 2 aromatic rings. The molecule has 5 fully saturated rings. The minimum atomic E-state index is -0.802. The number of carboxylic acids is 1. The van der Waals surface area contributed by atoms with Crippen LogP contribution in [0, 0.1) is 30.6 Å². The first-order valence-corrected chi connectivity index (χ1v) is 13.2. The number of aliphatic carboxylic acids is 1. The Balaban J connectivity index is 1.29. The maximum atomic E-state index is 13.7. The monoisotopic (exact) mass is 496 g/mol. The van der Waals surface area contributed by atoms with Crippen molar-refractivity contribution in [1.29, 1.82) is 0 Å². The van der Waals surface area contributed by atoms with Gasteiger partial charge >= 0.3 is 5.97 Å². The van der Waals surface area contributed by atoms with Crippen molar-refractivity contribution in [2.24, 2.45) is 23.7 Å². The predicted octanol–water partition coefficient (Wildman–Crippen LogP) is 4.16. The Morgan fingerprint density at radius 3 is 2.43 bits per heavy atom. The van der Waals surface area contributed by atoms with Crippen molar-refractivity contribution in [3.05, 3.63) is 51.4 Å². The summed E-state index contributed by atoms with van der Waals surface area (Å²) in [7, 11) is 0. The molecule has 4 saturated carbocycles. The molecule has 4 unspecified atom stereocenters. The maximum Gasteiger partial charge on any atom is 0.309 e. The molecule has 4 bridgehead atoms. The Labute approximate surface area is 210 Å². The lowest BCUT2D eigenvalue weighted by Crippen LogP contribution is -2.63. The Morgan fingerprint density at radius 1 is 1.11 bits per heavy atom. The van der Waals surface area contributed by atoms with Crippen LogP contribution in [0.2, 0.25) is 5.02 Å². The second kappa shape index (κ2) is 8.26. The summed E-state index contributed by atoms with van der Waals surface area (Å²) in [4.78, 5) is 30.6. The van der Waals surface area contributed by atoms with E-state index in [0.29, 0.717) is 30.4 Å². The molecule has 186 valence electrons. The Kier molecular flexibility index (Phi) is 5.40. The zero-order valence-corrected chi connectivity index (χ0v) is 21.1. The number of aryl methyl sites for hydroxylation is 1. The molecule has 7 rings (SSSR count). The first kappa shape index (κ1) is 22.9. The number of hydrogen-bond donors (Lipinski definition) is 1. The van der Waals surface area contributed by atoms with Crippen LogP contribution in [0.3, 0.4) is 0 Å². The van der Waals surface area contributed by atoms with Gasteiger partial charge in [-0.05, 0) is 75.8 Å². The van der Waals surface area contributed by atoms with E-state index in [0.717, 1.165) is 38.9 Å². The molecule has 35 heavy (non-hydrogen) atoms. The molecule has 8 heteroatoms. The molecular weight excluding hydrogens is 464 g/mol. The van der Waals surface area contributed by atoms with Gasteiger partial charge in [0.25, 0.3) is 5.56 Å². The highest BCUT2D eigenvalue weighted by Crippen LogP contribution is 2.61. The largest absolute Gasteiger partial charge is 0.481 e. The fraction of sp³-hybridized carbons (Fsp3) is 0.593. The van der Waals surface area contributed by atoms with Crippen LogP contribution in [0.15, 0.2) is 35.3 Å². The van der Waals surface area contributed by atoms with Gasteiger partial charge in [-0.1, -0.05) is 29.3 Å². The van der Waals surface area contributed by atoms with Gasteiger partial charge in [-0.25, -0.2) is 4.68 Å². The Morgan fingerprint density at radius 2 is 1.80 bits per heavy atom. The van der Waals surface area contributed by atoms with Crippen LogP contribution < -0.4 is 15.4 Å². The highest BCUT2D eigenvalue weighted by Gasteiger charge is 2.61. The molecule has 4 aliphatic carbocycles. The summed E-state index contributed by atoms with van der Waals surface area (Å²) in [5, 5.41) is 15.0. The third-order valence-corrected chi connectivity index (χ3v) is 9.55. The number of carbonyl (C=O) groups is 1.